The summed E-state index contributed by atoms with van der Waals surface area (Å²) in [6, 6.07) is 22.4. The van der Waals surface area contributed by atoms with Crippen molar-refractivity contribution in [2.75, 3.05) is 4.90 Å². The number of benzene rings is 3. The van der Waals surface area contributed by atoms with Crippen molar-refractivity contribution in [3.8, 4) is 11.5 Å². The third-order valence-corrected chi connectivity index (χ3v) is 6.07. The molecule has 1 aliphatic rings. The van der Waals surface area contributed by atoms with Crippen molar-refractivity contribution in [3.05, 3.63) is 95.2 Å². The van der Waals surface area contributed by atoms with E-state index in [0.29, 0.717) is 22.5 Å². The number of anilines is 1. The number of phenols is 2. The summed E-state index contributed by atoms with van der Waals surface area (Å²) < 4.78 is 0.687. The molecule has 1 heterocycles. The first-order valence-corrected chi connectivity index (χ1v) is 10.9. The Morgan fingerprint density at radius 1 is 0.903 bits per heavy atom. The van der Waals surface area contributed by atoms with Crippen LogP contribution in [-0.4, -0.2) is 41.3 Å². The van der Waals surface area contributed by atoms with Gasteiger partial charge in [-0.05, 0) is 0 Å². The van der Waals surface area contributed by atoms with Gasteiger partial charge in [-0.1, -0.05) is 0 Å². The second-order valence-corrected chi connectivity index (χ2v) is 8.06. The minimum atomic E-state index is -0.228. The van der Waals surface area contributed by atoms with Crippen molar-refractivity contribution >= 4 is 37.9 Å². The summed E-state index contributed by atoms with van der Waals surface area (Å²) in [6.07, 6.45) is 2.65. The maximum absolute atomic E-state index is 13.5. The molecule has 0 saturated carbocycles. The molecule has 2 N–H and O–H groups in total. The summed E-state index contributed by atoms with van der Waals surface area (Å²) >= 11 is 3.07. The number of hydrogen-bond donors (Lipinski definition) is 2. The van der Waals surface area contributed by atoms with E-state index < -0.39 is 0 Å². The number of aromatic hydroxyl groups is 2. The van der Waals surface area contributed by atoms with Crippen LogP contribution in [0.4, 0.5) is 5.69 Å². The average Bonchev–Trinajstić information content (AvgIpc) is 3.01. The van der Waals surface area contributed by atoms with Crippen LogP contribution in [0.2, 0.25) is 0 Å². The zero-order valence-corrected chi connectivity index (χ0v) is 18.7. The number of aryl methyl sites for hydroxylation is 1. The summed E-state index contributed by atoms with van der Waals surface area (Å²) in [6.45, 7) is 2.60. The van der Waals surface area contributed by atoms with E-state index in [2.05, 4.69) is 22.5 Å². The Morgan fingerprint density at radius 2 is 1.61 bits per heavy atom. The Bertz CT molecular complexity index is 1160. The molecule has 1 amide bonds. The van der Waals surface area contributed by atoms with Crippen LogP contribution in [0.15, 0.2) is 78.5 Å². The molecule has 0 aromatic heterocycles. The van der Waals surface area contributed by atoms with E-state index in [9.17, 15) is 15.0 Å². The summed E-state index contributed by atoms with van der Waals surface area (Å²) in [5.41, 5.74) is 4.14. The van der Waals surface area contributed by atoms with Gasteiger partial charge in [0.1, 0.15) is 0 Å². The Hall–Kier alpha value is -3.34. The van der Waals surface area contributed by atoms with Crippen LogP contribution in [0.25, 0.3) is 6.08 Å². The Kier molecular flexibility index (Phi) is 5.94. The van der Waals surface area contributed by atoms with E-state index in [0.717, 1.165) is 17.7 Å². The van der Waals surface area contributed by atoms with Crippen LogP contribution in [-0.2, 0) is 17.8 Å². The van der Waals surface area contributed by atoms with Gasteiger partial charge in [-0.25, -0.2) is 0 Å². The van der Waals surface area contributed by atoms with Gasteiger partial charge in [0.15, 0.2) is 0 Å². The second-order valence-electron chi connectivity index (χ2n) is 7.29. The number of rotatable bonds is 5. The van der Waals surface area contributed by atoms with E-state index in [1.165, 1.54) is 17.7 Å². The quantitative estimate of drug-likeness (QED) is 0.333. The standard InChI is InChI=1S/C25H22N2O3Se/c1-2-17-8-11-20(12-9-17)27-24(30)21(14-19-10-13-22(28)23(29)15-19)26(25(27)31)16-18-6-4-3-5-7-18/h3-15,28-29H,2,16H2,1H3/b21-14+. The van der Waals surface area contributed by atoms with Crippen LogP contribution in [0.3, 0.4) is 0 Å². The van der Waals surface area contributed by atoms with Gasteiger partial charge in [0.05, 0.1) is 0 Å². The van der Waals surface area contributed by atoms with Crippen LogP contribution in [0, 0.1) is 0 Å². The monoisotopic (exact) mass is 478 g/mol. The van der Waals surface area contributed by atoms with E-state index in [1.807, 2.05) is 59.5 Å². The molecule has 6 heteroatoms. The van der Waals surface area contributed by atoms with Crippen LogP contribution in [0.1, 0.15) is 23.6 Å². The summed E-state index contributed by atoms with van der Waals surface area (Å²) in [7, 11) is 0. The van der Waals surface area contributed by atoms with Gasteiger partial charge in [0, 0.05) is 0 Å². The third kappa shape index (κ3) is 4.26. The average molecular weight is 477 g/mol. The Labute approximate surface area is 189 Å². The fourth-order valence-electron chi connectivity index (χ4n) is 3.50. The number of hydrogen-bond acceptors (Lipinski definition) is 4. The fraction of sp³-hybridized carbons (Fsp3) is 0.120. The van der Waals surface area contributed by atoms with Crippen molar-refractivity contribution < 1.29 is 15.0 Å². The number of carbonyl (C=O) groups is 1. The van der Waals surface area contributed by atoms with E-state index in [4.69, 9.17) is 0 Å². The first-order valence-electron chi connectivity index (χ1n) is 10.0. The van der Waals surface area contributed by atoms with E-state index in [1.54, 1.807) is 17.0 Å². The Morgan fingerprint density at radius 3 is 2.26 bits per heavy atom. The number of nitrogens with zero attached hydrogens (tertiary/aromatic N) is 2. The van der Waals surface area contributed by atoms with Crippen LogP contribution < -0.4 is 4.90 Å². The van der Waals surface area contributed by atoms with Crippen molar-refractivity contribution in [2.24, 2.45) is 0 Å². The van der Waals surface area contributed by atoms with Gasteiger partial charge in [-0.2, -0.15) is 0 Å². The van der Waals surface area contributed by atoms with Gasteiger partial charge in [0.25, 0.3) is 0 Å². The van der Waals surface area contributed by atoms with Crippen molar-refractivity contribution in [1.29, 1.82) is 0 Å². The number of phenolic OH excluding ortho intramolecular Hbond substituents is 2. The molecule has 0 bridgehead atoms. The molecule has 156 valence electrons. The van der Waals surface area contributed by atoms with Crippen LogP contribution in [0.5, 0.6) is 11.5 Å². The molecule has 1 saturated heterocycles. The van der Waals surface area contributed by atoms with Gasteiger partial charge in [-0.3, -0.25) is 0 Å². The zero-order valence-electron chi connectivity index (χ0n) is 17.0. The van der Waals surface area contributed by atoms with Crippen molar-refractivity contribution in [2.45, 2.75) is 19.9 Å². The topological polar surface area (TPSA) is 64.0 Å². The molecule has 3 aromatic rings. The first-order chi connectivity index (χ1) is 15.0. The third-order valence-electron chi connectivity index (χ3n) is 5.22. The zero-order chi connectivity index (χ0) is 22.0. The molecule has 4 rings (SSSR count). The Balaban J connectivity index is 1.76. The fourth-order valence-corrected chi connectivity index (χ4v) is 4.23. The molecule has 1 aliphatic heterocycles. The van der Waals surface area contributed by atoms with Crippen molar-refractivity contribution in [3.63, 3.8) is 0 Å². The second kappa shape index (κ2) is 8.80. The number of carbonyl (C=O) groups excluding carboxylic acids is 1. The number of amides is 1. The van der Waals surface area contributed by atoms with Crippen molar-refractivity contribution in [1.82, 2.24) is 4.90 Å². The predicted octanol–water partition coefficient (Wildman–Crippen LogP) is 3.81. The van der Waals surface area contributed by atoms with Crippen LogP contribution >= 0.6 is 0 Å². The van der Waals surface area contributed by atoms with E-state index >= 15 is 0 Å². The molecule has 0 spiro atoms. The molecule has 5 nitrogen and oxygen atoms in total. The van der Waals surface area contributed by atoms with Gasteiger partial charge < -0.3 is 0 Å². The SMILES string of the molecule is CCc1ccc(N2C(=O)/C(=C\c3ccc(O)c(O)c3)N(Cc3ccccc3)C2=[Se])cc1. The maximum atomic E-state index is 13.5. The predicted molar refractivity (Wildman–Crippen MR) is 124 cm³/mol. The molecule has 1 fully saturated rings. The summed E-state index contributed by atoms with van der Waals surface area (Å²) in [5, 5.41) is 19.5. The molecule has 0 unspecified atom stereocenters. The first kappa shape index (κ1) is 20.9. The molecule has 0 atom stereocenters. The van der Waals surface area contributed by atoms with Gasteiger partial charge in [0.2, 0.25) is 0 Å². The van der Waals surface area contributed by atoms with E-state index in [-0.39, 0.29) is 17.4 Å². The molecular weight excluding hydrogens is 455 g/mol. The van der Waals surface area contributed by atoms with Gasteiger partial charge in [-0.15, -0.1) is 0 Å². The summed E-state index contributed by atoms with van der Waals surface area (Å²) in [5.74, 6) is -0.593. The van der Waals surface area contributed by atoms with Gasteiger partial charge >= 0.3 is 189 Å². The molecule has 31 heavy (non-hydrogen) atoms. The molecule has 0 radical (unpaired) electrons. The normalized spacial score (nSPS) is 15.2. The molecule has 3 aromatic carbocycles. The molecule has 0 aliphatic carbocycles. The molecular formula is C25H22N2O3Se. The summed E-state index contributed by atoms with van der Waals surface area (Å²) in [4.78, 5) is 17.1. The minimum absolute atomic E-state index is 0.165.